The van der Waals surface area contributed by atoms with E-state index in [2.05, 4.69) is 4.98 Å². The van der Waals surface area contributed by atoms with Crippen molar-refractivity contribution >= 4 is 11.7 Å². The van der Waals surface area contributed by atoms with Gasteiger partial charge in [0.1, 0.15) is 6.20 Å². The number of hydrogen-bond acceptors (Lipinski definition) is 4. The summed E-state index contributed by atoms with van der Waals surface area (Å²) in [6.07, 6.45) is 1.21. The van der Waals surface area contributed by atoms with E-state index in [9.17, 15) is 14.9 Å². The Bertz CT molecular complexity index is 631. The summed E-state index contributed by atoms with van der Waals surface area (Å²) in [5.41, 5.74) is 7.17. The highest BCUT2D eigenvalue weighted by Crippen LogP contribution is 2.13. The highest BCUT2D eigenvalue weighted by atomic mass is 16.6. The zero-order valence-electron chi connectivity index (χ0n) is 10.2. The normalized spacial score (nSPS) is 10.4. The Kier molecular flexibility index (Phi) is 3.28. The molecule has 0 saturated carbocycles. The molecule has 0 atom stereocenters. The average molecular weight is 260 g/mol. The van der Waals surface area contributed by atoms with Gasteiger partial charge in [-0.2, -0.15) is 0 Å². The first kappa shape index (κ1) is 12.7. The Labute approximate surface area is 108 Å². The van der Waals surface area contributed by atoms with Gasteiger partial charge in [0.05, 0.1) is 6.54 Å². The summed E-state index contributed by atoms with van der Waals surface area (Å²) in [4.78, 5) is 24.8. The van der Waals surface area contributed by atoms with E-state index in [4.69, 9.17) is 5.73 Å². The Morgan fingerprint density at radius 3 is 2.58 bits per heavy atom. The van der Waals surface area contributed by atoms with Crippen LogP contribution in [0.5, 0.6) is 0 Å². The molecule has 0 saturated heterocycles. The molecular weight excluding hydrogens is 248 g/mol. The van der Waals surface area contributed by atoms with E-state index < -0.39 is 10.8 Å². The van der Waals surface area contributed by atoms with Crippen LogP contribution >= 0.6 is 0 Å². The fourth-order valence-electron chi connectivity index (χ4n) is 1.70. The first-order chi connectivity index (χ1) is 8.97. The molecule has 19 heavy (non-hydrogen) atoms. The van der Waals surface area contributed by atoms with Gasteiger partial charge in [0.25, 0.3) is 0 Å². The lowest BCUT2D eigenvalue weighted by atomic mass is 10.1. The first-order valence-electron chi connectivity index (χ1n) is 5.54. The lowest BCUT2D eigenvalue weighted by Crippen LogP contribution is -2.18. The number of nitrogens with two attached hydrogens (primary N) is 1. The lowest BCUT2D eigenvalue weighted by Gasteiger charge is -2.03. The minimum absolute atomic E-state index is 0.118. The van der Waals surface area contributed by atoms with Crippen molar-refractivity contribution in [2.75, 3.05) is 0 Å². The van der Waals surface area contributed by atoms with Gasteiger partial charge in [-0.25, -0.2) is 0 Å². The molecule has 0 bridgehead atoms. The van der Waals surface area contributed by atoms with Crippen LogP contribution in [0.25, 0.3) is 0 Å². The molecular formula is C12H12N4O3. The molecule has 0 aliphatic carbocycles. The van der Waals surface area contributed by atoms with E-state index in [-0.39, 0.29) is 11.6 Å². The maximum Gasteiger partial charge on any atom is 0.382 e. The zero-order valence-corrected chi connectivity index (χ0v) is 10.2. The SMILES string of the molecule is Cc1ccc(Cn2cc([N+](=O)[O-])nc2C(N)=O)cc1. The van der Waals surface area contributed by atoms with Crippen LogP contribution in [0.2, 0.25) is 0 Å². The molecule has 0 radical (unpaired) electrons. The molecule has 98 valence electrons. The van der Waals surface area contributed by atoms with E-state index in [1.54, 1.807) is 0 Å². The van der Waals surface area contributed by atoms with Gasteiger partial charge in [0.15, 0.2) is 0 Å². The molecule has 0 spiro atoms. The Hall–Kier alpha value is -2.70. The van der Waals surface area contributed by atoms with Crippen LogP contribution < -0.4 is 5.73 Å². The number of primary amides is 1. The molecule has 0 aliphatic heterocycles. The molecule has 7 heteroatoms. The third-order valence-electron chi connectivity index (χ3n) is 2.64. The highest BCUT2D eigenvalue weighted by Gasteiger charge is 2.22. The molecule has 1 aromatic carbocycles. The van der Waals surface area contributed by atoms with Crippen molar-refractivity contribution in [2.45, 2.75) is 13.5 Å². The van der Waals surface area contributed by atoms with Gasteiger partial charge in [-0.1, -0.05) is 29.8 Å². The Morgan fingerprint density at radius 2 is 2.05 bits per heavy atom. The number of amides is 1. The quantitative estimate of drug-likeness (QED) is 0.659. The summed E-state index contributed by atoms with van der Waals surface area (Å²) in [5, 5.41) is 10.7. The molecule has 2 aromatic rings. The highest BCUT2D eigenvalue weighted by molar-refractivity contribution is 5.89. The van der Waals surface area contributed by atoms with Crippen LogP contribution in [0.4, 0.5) is 5.82 Å². The van der Waals surface area contributed by atoms with Gasteiger partial charge in [-0.3, -0.25) is 9.36 Å². The second kappa shape index (κ2) is 4.89. The van der Waals surface area contributed by atoms with E-state index in [1.165, 1.54) is 10.8 Å². The van der Waals surface area contributed by atoms with Crippen molar-refractivity contribution in [3.05, 3.63) is 57.5 Å². The van der Waals surface area contributed by atoms with Gasteiger partial charge in [0.2, 0.25) is 0 Å². The predicted octanol–water partition coefficient (Wildman–Crippen LogP) is 1.25. The second-order valence-corrected chi connectivity index (χ2v) is 4.16. The minimum atomic E-state index is -0.791. The van der Waals surface area contributed by atoms with Crippen LogP contribution in [0, 0.1) is 17.0 Å². The number of nitrogens with zero attached hydrogens (tertiary/aromatic N) is 3. The first-order valence-corrected chi connectivity index (χ1v) is 5.54. The Morgan fingerprint density at radius 1 is 1.42 bits per heavy atom. The number of hydrogen-bond donors (Lipinski definition) is 1. The number of benzene rings is 1. The predicted molar refractivity (Wildman–Crippen MR) is 67.7 cm³/mol. The summed E-state index contributed by atoms with van der Waals surface area (Å²) < 4.78 is 1.38. The number of rotatable bonds is 4. The maximum absolute atomic E-state index is 11.2. The molecule has 1 heterocycles. The topological polar surface area (TPSA) is 104 Å². The van der Waals surface area contributed by atoms with Crippen molar-refractivity contribution < 1.29 is 9.72 Å². The third-order valence-corrected chi connectivity index (χ3v) is 2.64. The second-order valence-electron chi connectivity index (χ2n) is 4.16. The van der Waals surface area contributed by atoms with Gasteiger partial charge in [-0.15, -0.1) is 0 Å². The molecule has 1 amide bonds. The summed E-state index contributed by atoms with van der Waals surface area (Å²) in [6.45, 7) is 2.26. The number of aromatic nitrogens is 2. The van der Waals surface area contributed by atoms with Gasteiger partial charge in [-0.05, 0) is 22.4 Å². The van der Waals surface area contributed by atoms with E-state index >= 15 is 0 Å². The number of nitro groups is 1. The third kappa shape index (κ3) is 2.76. The number of aryl methyl sites for hydroxylation is 1. The number of carbonyl (C=O) groups excluding carboxylic acids is 1. The van der Waals surface area contributed by atoms with Crippen molar-refractivity contribution in [2.24, 2.45) is 5.73 Å². The summed E-state index contributed by atoms with van der Waals surface area (Å²) in [7, 11) is 0. The smallest absolute Gasteiger partial charge is 0.361 e. The fourth-order valence-corrected chi connectivity index (χ4v) is 1.70. The van der Waals surface area contributed by atoms with Crippen molar-refractivity contribution in [3.63, 3.8) is 0 Å². The lowest BCUT2D eigenvalue weighted by molar-refractivity contribution is -0.389. The minimum Gasteiger partial charge on any atom is -0.361 e. The largest absolute Gasteiger partial charge is 0.382 e. The monoisotopic (exact) mass is 260 g/mol. The number of carbonyl (C=O) groups is 1. The van der Waals surface area contributed by atoms with Crippen molar-refractivity contribution in [1.29, 1.82) is 0 Å². The van der Waals surface area contributed by atoms with Crippen LogP contribution in [0.15, 0.2) is 30.5 Å². The Balaban J connectivity index is 2.35. The molecule has 0 aliphatic rings. The zero-order chi connectivity index (χ0) is 14.0. The van der Waals surface area contributed by atoms with Crippen LogP contribution in [0.1, 0.15) is 21.7 Å². The molecule has 0 unspecified atom stereocenters. The standard InChI is InChI=1S/C12H12N4O3/c1-8-2-4-9(5-3-8)6-15-7-10(16(18)19)14-12(15)11(13)17/h2-5,7H,6H2,1H3,(H2,13,17). The van der Waals surface area contributed by atoms with Gasteiger partial charge in [0, 0.05) is 0 Å². The summed E-state index contributed by atoms with van der Waals surface area (Å²) >= 11 is 0. The van der Waals surface area contributed by atoms with Crippen molar-refractivity contribution in [1.82, 2.24) is 9.55 Å². The molecule has 0 fully saturated rings. The van der Waals surface area contributed by atoms with Gasteiger partial charge < -0.3 is 15.8 Å². The van der Waals surface area contributed by atoms with Gasteiger partial charge >= 0.3 is 17.5 Å². The van der Waals surface area contributed by atoms with Crippen LogP contribution in [0.3, 0.4) is 0 Å². The summed E-state index contributed by atoms with van der Waals surface area (Å²) in [5.74, 6) is -1.30. The van der Waals surface area contributed by atoms with E-state index in [0.29, 0.717) is 6.54 Å². The van der Waals surface area contributed by atoms with E-state index in [0.717, 1.165) is 11.1 Å². The molecule has 7 nitrogen and oxygen atoms in total. The van der Waals surface area contributed by atoms with Crippen molar-refractivity contribution in [3.8, 4) is 0 Å². The molecule has 2 rings (SSSR count). The van der Waals surface area contributed by atoms with Crippen LogP contribution in [-0.2, 0) is 6.54 Å². The maximum atomic E-state index is 11.2. The van der Waals surface area contributed by atoms with Crippen LogP contribution in [-0.4, -0.2) is 20.4 Å². The summed E-state index contributed by atoms with van der Waals surface area (Å²) in [6, 6.07) is 7.60. The molecule has 2 N–H and O–H groups in total. The van der Waals surface area contributed by atoms with E-state index in [1.807, 2.05) is 31.2 Å². The number of imidazole rings is 1. The molecule has 1 aromatic heterocycles. The fraction of sp³-hybridized carbons (Fsp3) is 0.167. The average Bonchev–Trinajstić information content (AvgIpc) is 2.76.